The Hall–Kier alpha value is -3.19. The molecule has 0 bridgehead atoms. The molecule has 0 saturated heterocycles. The molecule has 2 amide bonds. The first-order valence-corrected chi connectivity index (χ1v) is 9.14. The fourth-order valence-electron chi connectivity index (χ4n) is 2.37. The van der Waals surface area contributed by atoms with Crippen LogP contribution in [0.15, 0.2) is 54.6 Å². The molecule has 0 spiro atoms. The van der Waals surface area contributed by atoms with Gasteiger partial charge in [-0.3, -0.25) is 14.9 Å². The van der Waals surface area contributed by atoms with E-state index in [0.717, 1.165) is 5.56 Å². The summed E-state index contributed by atoms with van der Waals surface area (Å²) in [6.45, 7) is 3.78. The molecule has 0 unspecified atom stereocenters. The van der Waals surface area contributed by atoms with Crippen LogP contribution in [0.4, 0.5) is 5.69 Å². The van der Waals surface area contributed by atoms with E-state index in [1.807, 2.05) is 38.1 Å². The standard InChI is InChI=1S/C21H23N3O3S/c1-14(2)22-20(26)16-8-6-9-17(13-16)23-21(28)24-19(25)12-11-15-7-4-5-10-18(15)27-3/h4-14H,1-3H3,(H,22,26)(H2,23,24,25,28)/b12-11+. The number of anilines is 1. The molecule has 146 valence electrons. The highest BCUT2D eigenvalue weighted by atomic mass is 32.1. The molecule has 0 radical (unpaired) electrons. The van der Waals surface area contributed by atoms with Crippen LogP contribution in [0.2, 0.25) is 0 Å². The van der Waals surface area contributed by atoms with Gasteiger partial charge in [0.15, 0.2) is 5.11 Å². The number of amides is 2. The van der Waals surface area contributed by atoms with Crippen LogP contribution in [0.3, 0.4) is 0 Å². The Bertz CT molecular complexity index is 894. The van der Waals surface area contributed by atoms with E-state index >= 15 is 0 Å². The second-order valence-electron chi connectivity index (χ2n) is 6.23. The molecule has 7 heteroatoms. The minimum absolute atomic E-state index is 0.0412. The van der Waals surface area contributed by atoms with Crippen molar-refractivity contribution in [1.29, 1.82) is 0 Å². The van der Waals surface area contributed by atoms with Gasteiger partial charge in [-0.25, -0.2) is 0 Å². The van der Waals surface area contributed by atoms with Crippen LogP contribution in [0.1, 0.15) is 29.8 Å². The summed E-state index contributed by atoms with van der Waals surface area (Å²) in [7, 11) is 1.57. The molecular weight excluding hydrogens is 374 g/mol. The summed E-state index contributed by atoms with van der Waals surface area (Å²) < 4.78 is 5.24. The minimum Gasteiger partial charge on any atom is -0.496 e. The number of hydrogen-bond acceptors (Lipinski definition) is 4. The number of benzene rings is 2. The van der Waals surface area contributed by atoms with Crippen LogP contribution >= 0.6 is 12.2 Å². The first-order valence-electron chi connectivity index (χ1n) is 8.73. The second kappa shape index (κ2) is 10.2. The normalized spacial score (nSPS) is 10.6. The van der Waals surface area contributed by atoms with Crippen molar-refractivity contribution in [3.05, 3.63) is 65.7 Å². The lowest BCUT2D eigenvalue weighted by atomic mass is 10.2. The van der Waals surface area contributed by atoms with Gasteiger partial charge in [-0.1, -0.05) is 24.3 Å². The van der Waals surface area contributed by atoms with Gasteiger partial charge in [-0.15, -0.1) is 0 Å². The van der Waals surface area contributed by atoms with Gasteiger partial charge in [0.1, 0.15) is 5.75 Å². The van der Waals surface area contributed by atoms with Gasteiger partial charge in [0.05, 0.1) is 7.11 Å². The van der Waals surface area contributed by atoms with Gasteiger partial charge in [0.25, 0.3) is 5.91 Å². The SMILES string of the molecule is COc1ccccc1/C=C/C(=O)NC(=S)Nc1cccc(C(=O)NC(C)C)c1. The predicted molar refractivity (Wildman–Crippen MR) is 115 cm³/mol. The van der Waals surface area contributed by atoms with Crippen LogP contribution in [0, 0.1) is 0 Å². The molecule has 0 atom stereocenters. The summed E-state index contributed by atoms with van der Waals surface area (Å²) >= 11 is 5.17. The maximum Gasteiger partial charge on any atom is 0.251 e. The fourth-order valence-corrected chi connectivity index (χ4v) is 2.59. The van der Waals surface area contributed by atoms with Crippen LogP contribution in [0.5, 0.6) is 5.75 Å². The summed E-state index contributed by atoms with van der Waals surface area (Å²) in [4.78, 5) is 24.2. The number of thiocarbonyl (C=S) groups is 1. The van der Waals surface area contributed by atoms with Crippen molar-refractivity contribution in [3.63, 3.8) is 0 Å². The zero-order chi connectivity index (χ0) is 20.5. The third-order valence-electron chi connectivity index (χ3n) is 3.59. The highest BCUT2D eigenvalue weighted by molar-refractivity contribution is 7.80. The van der Waals surface area contributed by atoms with Crippen LogP contribution in [-0.2, 0) is 4.79 Å². The van der Waals surface area contributed by atoms with Crippen molar-refractivity contribution in [1.82, 2.24) is 10.6 Å². The number of carbonyl (C=O) groups is 2. The van der Waals surface area contributed by atoms with Gasteiger partial charge in [0, 0.05) is 28.9 Å². The number of nitrogens with one attached hydrogen (secondary N) is 3. The third kappa shape index (κ3) is 6.51. The van der Waals surface area contributed by atoms with Crippen molar-refractivity contribution in [3.8, 4) is 5.75 Å². The summed E-state index contributed by atoms with van der Waals surface area (Å²) in [5, 5.41) is 8.43. The van der Waals surface area contributed by atoms with E-state index in [4.69, 9.17) is 17.0 Å². The molecule has 3 N–H and O–H groups in total. The van der Waals surface area contributed by atoms with E-state index in [-0.39, 0.29) is 23.0 Å². The summed E-state index contributed by atoms with van der Waals surface area (Å²) in [5.41, 5.74) is 1.89. The lowest BCUT2D eigenvalue weighted by Gasteiger charge is -2.11. The summed E-state index contributed by atoms with van der Waals surface area (Å²) in [5.74, 6) is 0.120. The molecule has 0 heterocycles. The number of ether oxygens (including phenoxy) is 1. The van der Waals surface area contributed by atoms with Crippen molar-refractivity contribution in [2.75, 3.05) is 12.4 Å². The number of carbonyl (C=O) groups excluding carboxylic acids is 2. The molecule has 0 fully saturated rings. The largest absolute Gasteiger partial charge is 0.496 e. The summed E-state index contributed by atoms with van der Waals surface area (Å²) in [6, 6.07) is 14.3. The monoisotopic (exact) mass is 397 g/mol. The molecule has 2 aromatic rings. The number of hydrogen-bond donors (Lipinski definition) is 3. The quantitative estimate of drug-likeness (QED) is 0.515. The van der Waals surface area contributed by atoms with Crippen LogP contribution in [0.25, 0.3) is 6.08 Å². The van der Waals surface area contributed by atoms with Gasteiger partial charge in [-0.2, -0.15) is 0 Å². The molecule has 2 aromatic carbocycles. The van der Waals surface area contributed by atoms with E-state index in [1.54, 1.807) is 37.5 Å². The Labute approximate surface area is 170 Å². The fraction of sp³-hybridized carbons (Fsp3) is 0.190. The molecule has 0 saturated carbocycles. The van der Waals surface area contributed by atoms with Gasteiger partial charge in [0.2, 0.25) is 5.91 Å². The number of methoxy groups -OCH3 is 1. The van der Waals surface area contributed by atoms with E-state index in [0.29, 0.717) is 17.0 Å². The lowest BCUT2D eigenvalue weighted by Crippen LogP contribution is -2.33. The number of para-hydroxylation sites is 1. The molecule has 28 heavy (non-hydrogen) atoms. The Morgan fingerprint density at radius 2 is 1.86 bits per heavy atom. The molecular formula is C21H23N3O3S. The molecule has 0 aromatic heterocycles. The van der Waals surface area contributed by atoms with Crippen molar-refractivity contribution >= 4 is 40.9 Å². The van der Waals surface area contributed by atoms with E-state index in [1.165, 1.54) is 6.08 Å². The smallest absolute Gasteiger partial charge is 0.251 e. The Morgan fingerprint density at radius 1 is 1.11 bits per heavy atom. The van der Waals surface area contributed by atoms with Gasteiger partial charge in [-0.05, 0) is 56.4 Å². The first kappa shape index (κ1) is 21.1. The zero-order valence-corrected chi connectivity index (χ0v) is 16.8. The third-order valence-corrected chi connectivity index (χ3v) is 3.80. The first-order chi connectivity index (χ1) is 13.4. The average Bonchev–Trinajstić information content (AvgIpc) is 2.66. The van der Waals surface area contributed by atoms with E-state index in [9.17, 15) is 9.59 Å². The summed E-state index contributed by atoms with van der Waals surface area (Å²) in [6.07, 6.45) is 3.02. The Balaban J connectivity index is 1.95. The second-order valence-corrected chi connectivity index (χ2v) is 6.64. The van der Waals surface area contributed by atoms with Crippen LogP contribution in [-0.4, -0.2) is 30.1 Å². The van der Waals surface area contributed by atoms with Crippen molar-refractivity contribution < 1.29 is 14.3 Å². The highest BCUT2D eigenvalue weighted by Crippen LogP contribution is 2.18. The number of rotatable bonds is 6. The van der Waals surface area contributed by atoms with Gasteiger partial charge >= 0.3 is 0 Å². The average molecular weight is 398 g/mol. The van der Waals surface area contributed by atoms with Crippen molar-refractivity contribution in [2.24, 2.45) is 0 Å². The van der Waals surface area contributed by atoms with Crippen LogP contribution < -0.4 is 20.7 Å². The lowest BCUT2D eigenvalue weighted by molar-refractivity contribution is -0.115. The molecule has 0 aliphatic rings. The Kier molecular flexibility index (Phi) is 7.71. The topological polar surface area (TPSA) is 79.5 Å². The molecule has 0 aliphatic carbocycles. The Morgan fingerprint density at radius 3 is 2.57 bits per heavy atom. The van der Waals surface area contributed by atoms with Gasteiger partial charge < -0.3 is 15.4 Å². The molecule has 0 aliphatic heterocycles. The van der Waals surface area contributed by atoms with Crippen molar-refractivity contribution in [2.45, 2.75) is 19.9 Å². The van der Waals surface area contributed by atoms with E-state index in [2.05, 4.69) is 16.0 Å². The van der Waals surface area contributed by atoms with E-state index < -0.39 is 0 Å². The predicted octanol–water partition coefficient (Wildman–Crippen LogP) is 3.36. The molecule has 6 nitrogen and oxygen atoms in total. The zero-order valence-electron chi connectivity index (χ0n) is 16.0. The maximum atomic E-state index is 12.1. The maximum absolute atomic E-state index is 12.1. The molecule has 2 rings (SSSR count). The highest BCUT2D eigenvalue weighted by Gasteiger charge is 2.08. The minimum atomic E-state index is -0.378.